The van der Waals surface area contributed by atoms with E-state index in [0.717, 1.165) is 25.1 Å². The standard InChI is InChI=1S/C16H24N2O2/c1-4-18(11-16(2,3)20)15(19)13-9-5-7-12-8-6-10-17-14(12)13/h5,7,9,17,20H,4,6,8,10-11H2,1-3H3. The summed E-state index contributed by atoms with van der Waals surface area (Å²) in [4.78, 5) is 14.4. The van der Waals surface area contributed by atoms with Crippen LogP contribution in [0.2, 0.25) is 0 Å². The number of anilines is 1. The monoisotopic (exact) mass is 276 g/mol. The number of aryl methyl sites for hydroxylation is 1. The smallest absolute Gasteiger partial charge is 0.256 e. The summed E-state index contributed by atoms with van der Waals surface area (Å²) in [6.07, 6.45) is 2.12. The van der Waals surface area contributed by atoms with E-state index in [1.165, 1.54) is 5.56 Å². The van der Waals surface area contributed by atoms with Gasteiger partial charge in [0.1, 0.15) is 0 Å². The van der Waals surface area contributed by atoms with Crippen LogP contribution in [0.1, 0.15) is 43.1 Å². The molecule has 0 saturated carbocycles. The summed E-state index contributed by atoms with van der Waals surface area (Å²) in [6.45, 7) is 7.23. The summed E-state index contributed by atoms with van der Waals surface area (Å²) in [7, 11) is 0. The van der Waals surface area contributed by atoms with Gasteiger partial charge in [0, 0.05) is 19.6 Å². The van der Waals surface area contributed by atoms with Crippen molar-refractivity contribution in [3.8, 4) is 0 Å². The van der Waals surface area contributed by atoms with Crippen molar-refractivity contribution in [1.82, 2.24) is 4.90 Å². The highest BCUT2D eigenvalue weighted by Crippen LogP contribution is 2.27. The Labute approximate surface area is 120 Å². The van der Waals surface area contributed by atoms with Crippen LogP contribution in [0.3, 0.4) is 0 Å². The van der Waals surface area contributed by atoms with Crippen molar-refractivity contribution in [2.45, 2.75) is 39.2 Å². The molecule has 0 aliphatic carbocycles. The minimum Gasteiger partial charge on any atom is -0.389 e. The third kappa shape index (κ3) is 3.31. The molecule has 1 amide bonds. The number of hydrogen-bond acceptors (Lipinski definition) is 3. The Kier molecular flexibility index (Phi) is 4.33. The molecule has 0 atom stereocenters. The highest BCUT2D eigenvalue weighted by molar-refractivity contribution is 6.00. The fourth-order valence-electron chi connectivity index (χ4n) is 2.65. The van der Waals surface area contributed by atoms with Gasteiger partial charge in [-0.1, -0.05) is 12.1 Å². The molecule has 1 aromatic rings. The molecule has 0 fully saturated rings. The molecule has 0 spiro atoms. The van der Waals surface area contributed by atoms with Crippen LogP contribution in [0.15, 0.2) is 18.2 Å². The summed E-state index contributed by atoms with van der Waals surface area (Å²) in [6, 6.07) is 5.88. The molecule has 0 bridgehead atoms. The van der Waals surface area contributed by atoms with Gasteiger partial charge in [-0.2, -0.15) is 0 Å². The molecule has 0 aromatic heterocycles. The molecule has 1 aromatic carbocycles. The lowest BCUT2D eigenvalue weighted by Gasteiger charge is -2.30. The number of likely N-dealkylation sites (N-methyl/N-ethyl adjacent to an activating group) is 1. The number of nitrogens with one attached hydrogen (secondary N) is 1. The molecule has 4 nitrogen and oxygen atoms in total. The Bertz CT molecular complexity index is 492. The van der Waals surface area contributed by atoms with E-state index in [1.54, 1.807) is 18.7 Å². The van der Waals surface area contributed by atoms with Crippen molar-refractivity contribution in [1.29, 1.82) is 0 Å². The molecule has 1 heterocycles. The van der Waals surface area contributed by atoms with Gasteiger partial charge in [-0.25, -0.2) is 0 Å². The number of fused-ring (bicyclic) bond motifs is 1. The van der Waals surface area contributed by atoms with E-state index in [0.29, 0.717) is 18.7 Å². The second kappa shape index (κ2) is 5.83. The number of nitrogens with zero attached hydrogens (tertiary/aromatic N) is 1. The number of carbonyl (C=O) groups is 1. The first-order valence-corrected chi connectivity index (χ1v) is 7.30. The van der Waals surface area contributed by atoms with Crippen LogP contribution >= 0.6 is 0 Å². The maximum atomic E-state index is 12.7. The van der Waals surface area contributed by atoms with Gasteiger partial charge < -0.3 is 15.3 Å². The van der Waals surface area contributed by atoms with E-state index in [4.69, 9.17) is 0 Å². The van der Waals surface area contributed by atoms with Crippen molar-refractivity contribution in [3.63, 3.8) is 0 Å². The highest BCUT2D eigenvalue weighted by Gasteiger charge is 2.25. The normalized spacial score (nSPS) is 14.4. The highest BCUT2D eigenvalue weighted by atomic mass is 16.3. The van der Waals surface area contributed by atoms with Crippen LogP contribution < -0.4 is 5.32 Å². The summed E-state index contributed by atoms with van der Waals surface area (Å²) in [5.41, 5.74) is 2.01. The Balaban J connectivity index is 2.28. The van der Waals surface area contributed by atoms with Gasteiger partial charge in [0.15, 0.2) is 0 Å². The fourth-order valence-corrected chi connectivity index (χ4v) is 2.65. The van der Waals surface area contributed by atoms with Crippen molar-refractivity contribution in [2.75, 3.05) is 25.0 Å². The van der Waals surface area contributed by atoms with Gasteiger partial charge in [-0.15, -0.1) is 0 Å². The van der Waals surface area contributed by atoms with Gasteiger partial charge >= 0.3 is 0 Å². The second-order valence-electron chi connectivity index (χ2n) is 6.00. The molecular formula is C16H24N2O2. The number of rotatable bonds is 4. The Hall–Kier alpha value is -1.55. The summed E-state index contributed by atoms with van der Waals surface area (Å²) in [5.74, 6) is -0.0131. The summed E-state index contributed by atoms with van der Waals surface area (Å²) < 4.78 is 0. The molecular weight excluding hydrogens is 252 g/mol. The maximum absolute atomic E-state index is 12.7. The average molecular weight is 276 g/mol. The quantitative estimate of drug-likeness (QED) is 0.887. The van der Waals surface area contributed by atoms with E-state index >= 15 is 0 Å². The first-order valence-electron chi connectivity index (χ1n) is 7.30. The average Bonchev–Trinajstić information content (AvgIpc) is 2.42. The van der Waals surface area contributed by atoms with Crippen molar-refractivity contribution >= 4 is 11.6 Å². The molecule has 0 radical (unpaired) electrons. The third-order valence-corrected chi connectivity index (χ3v) is 3.55. The second-order valence-corrected chi connectivity index (χ2v) is 6.00. The van der Waals surface area contributed by atoms with E-state index in [2.05, 4.69) is 11.4 Å². The minimum absolute atomic E-state index is 0.0131. The van der Waals surface area contributed by atoms with E-state index in [1.807, 2.05) is 19.1 Å². The molecule has 20 heavy (non-hydrogen) atoms. The zero-order valence-corrected chi connectivity index (χ0v) is 12.6. The van der Waals surface area contributed by atoms with E-state index in [9.17, 15) is 9.90 Å². The lowest BCUT2D eigenvalue weighted by atomic mass is 9.98. The molecule has 2 rings (SSSR count). The number of benzene rings is 1. The molecule has 1 aliphatic rings. The van der Waals surface area contributed by atoms with Gasteiger partial charge in [-0.3, -0.25) is 4.79 Å². The molecule has 2 N–H and O–H groups in total. The number of carbonyl (C=O) groups excluding carboxylic acids is 1. The first kappa shape index (κ1) is 14.9. The Morgan fingerprint density at radius 1 is 1.45 bits per heavy atom. The van der Waals surface area contributed by atoms with Gasteiger partial charge in [0.05, 0.1) is 16.9 Å². The third-order valence-electron chi connectivity index (χ3n) is 3.55. The SMILES string of the molecule is CCN(CC(C)(C)O)C(=O)c1cccc2c1NCCC2. The fraction of sp³-hybridized carbons (Fsp3) is 0.562. The topological polar surface area (TPSA) is 52.6 Å². The lowest BCUT2D eigenvalue weighted by Crippen LogP contribution is -2.42. The van der Waals surface area contributed by atoms with Crippen LogP contribution in [0.25, 0.3) is 0 Å². The van der Waals surface area contributed by atoms with Crippen molar-refractivity contribution in [3.05, 3.63) is 29.3 Å². The van der Waals surface area contributed by atoms with E-state index < -0.39 is 5.60 Å². The summed E-state index contributed by atoms with van der Waals surface area (Å²) in [5, 5.41) is 13.3. The zero-order chi connectivity index (χ0) is 14.8. The van der Waals surface area contributed by atoms with Crippen LogP contribution in [0.5, 0.6) is 0 Å². The maximum Gasteiger partial charge on any atom is 0.256 e. The molecule has 0 saturated heterocycles. The largest absolute Gasteiger partial charge is 0.389 e. The number of para-hydroxylation sites is 1. The minimum atomic E-state index is -0.881. The zero-order valence-electron chi connectivity index (χ0n) is 12.6. The Morgan fingerprint density at radius 3 is 2.85 bits per heavy atom. The lowest BCUT2D eigenvalue weighted by molar-refractivity contribution is 0.0315. The van der Waals surface area contributed by atoms with Gasteiger partial charge in [-0.05, 0) is 45.2 Å². The predicted octanol–water partition coefficient (Wildman–Crippen LogP) is 2.28. The summed E-state index contributed by atoms with van der Waals surface area (Å²) >= 11 is 0. The molecule has 110 valence electrons. The molecule has 1 aliphatic heterocycles. The van der Waals surface area contributed by atoms with Gasteiger partial charge in [0.25, 0.3) is 5.91 Å². The van der Waals surface area contributed by atoms with Crippen LogP contribution in [0, 0.1) is 0 Å². The predicted molar refractivity (Wildman–Crippen MR) is 81.1 cm³/mol. The van der Waals surface area contributed by atoms with E-state index in [-0.39, 0.29) is 5.91 Å². The van der Waals surface area contributed by atoms with Crippen LogP contribution in [-0.2, 0) is 6.42 Å². The Morgan fingerprint density at radius 2 is 2.20 bits per heavy atom. The molecule has 0 unspecified atom stereocenters. The van der Waals surface area contributed by atoms with Crippen molar-refractivity contribution in [2.24, 2.45) is 0 Å². The van der Waals surface area contributed by atoms with Gasteiger partial charge in [0.2, 0.25) is 0 Å². The van der Waals surface area contributed by atoms with Crippen molar-refractivity contribution < 1.29 is 9.90 Å². The van der Waals surface area contributed by atoms with Crippen LogP contribution in [-0.4, -0.2) is 41.1 Å². The number of amides is 1. The molecule has 4 heteroatoms. The first-order chi connectivity index (χ1) is 9.42. The van der Waals surface area contributed by atoms with Crippen LogP contribution in [0.4, 0.5) is 5.69 Å². The number of aliphatic hydroxyl groups is 1. The number of hydrogen-bond donors (Lipinski definition) is 2.